The Morgan fingerprint density at radius 1 is 0.939 bits per heavy atom. The molecule has 12 nitrogen and oxygen atoms in total. The fourth-order valence-electron chi connectivity index (χ4n) is 2.06. The van der Waals surface area contributed by atoms with Crippen LogP contribution in [0.1, 0.15) is 17.7 Å². The van der Waals surface area contributed by atoms with Crippen LogP contribution >= 0.6 is 11.8 Å². The third kappa shape index (κ3) is 14.5. The molecular weight excluding hydrogens is 454 g/mol. The smallest absolute Gasteiger partial charge is 0.320 e. The van der Waals surface area contributed by atoms with E-state index in [0.29, 0.717) is 12.1 Å². The number of carbonyl (C=O) groups is 3. The monoisotopic (exact) mass is 485 g/mol. The Balaban J connectivity index is 0.000000475. The Labute approximate surface area is 195 Å². The number of carboxylic acids is 3. The maximum absolute atomic E-state index is 10.4. The zero-order chi connectivity index (χ0) is 25.4. The number of imidazole rings is 1. The van der Waals surface area contributed by atoms with E-state index in [9.17, 15) is 14.4 Å². The number of aromatic nitrogens is 2. The first-order valence-electron chi connectivity index (χ1n) is 9.67. The van der Waals surface area contributed by atoms with Gasteiger partial charge in [-0.1, -0.05) is 12.1 Å². The van der Waals surface area contributed by atoms with E-state index in [1.54, 1.807) is 30.1 Å². The van der Waals surface area contributed by atoms with Gasteiger partial charge < -0.3 is 42.6 Å². The quantitative estimate of drug-likeness (QED) is 0.219. The zero-order valence-corrected chi connectivity index (χ0v) is 18.9. The van der Waals surface area contributed by atoms with E-state index in [0.717, 1.165) is 11.3 Å². The number of carboxylic acid groups (broad SMARTS) is 3. The average Bonchev–Trinajstić information content (AvgIpc) is 3.27. The molecule has 1 aromatic heterocycles. The van der Waals surface area contributed by atoms with E-state index in [1.165, 1.54) is 18.5 Å². The highest BCUT2D eigenvalue weighted by Crippen LogP contribution is 2.10. The highest BCUT2D eigenvalue weighted by Gasteiger charge is 2.13. The largest absolute Gasteiger partial charge is 0.508 e. The number of benzene rings is 1. The Kier molecular flexibility index (Phi) is 14.9. The van der Waals surface area contributed by atoms with Gasteiger partial charge in [0, 0.05) is 12.6 Å². The number of nitrogens with two attached hydrogens (primary N) is 3. The Morgan fingerprint density at radius 3 is 1.88 bits per heavy atom. The topological polar surface area (TPSA) is 239 Å². The first-order valence-corrected chi connectivity index (χ1v) is 11.1. The number of nitrogens with one attached hydrogen (secondary N) is 1. The molecule has 2 rings (SSSR count). The predicted molar refractivity (Wildman–Crippen MR) is 124 cm³/mol. The number of rotatable bonds is 10. The summed E-state index contributed by atoms with van der Waals surface area (Å²) in [4.78, 5) is 37.3. The van der Waals surface area contributed by atoms with Crippen LogP contribution in [0.3, 0.4) is 0 Å². The van der Waals surface area contributed by atoms with Gasteiger partial charge in [0.15, 0.2) is 0 Å². The minimum atomic E-state index is -1.02. The highest BCUT2D eigenvalue weighted by molar-refractivity contribution is 7.98. The van der Waals surface area contributed by atoms with Gasteiger partial charge in [-0.05, 0) is 42.5 Å². The fraction of sp³-hybridized carbons (Fsp3) is 0.400. The van der Waals surface area contributed by atoms with Gasteiger partial charge in [0.25, 0.3) is 0 Å². The average molecular weight is 486 g/mol. The molecule has 11 N–H and O–H groups in total. The molecule has 184 valence electrons. The predicted octanol–water partition coefficient (Wildman–Crippen LogP) is -0.138. The number of aliphatic carboxylic acids is 3. The highest BCUT2D eigenvalue weighted by atomic mass is 32.2. The lowest BCUT2D eigenvalue weighted by molar-refractivity contribution is -0.139. The van der Waals surface area contributed by atoms with E-state index in [2.05, 4.69) is 9.97 Å². The van der Waals surface area contributed by atoms with Crippen LogP contribution in [0.25, 0.3) is 0 Å². The number of hydrogen-bond donors (Lipinski definition) is 8. The van der Waals surface area contributed by atoms with Crippen molar-refractivity contribution < 1.29 is 34.8 Å². The van der Waals surface area contributed by atoms with Crippen LogP contribution in [0.15, 0.2) is 36.8 Å². The Morgan fingerprint density at radius 2 is 1.45 bits per heavy atom. The second-order valence-electron chi connectivity index (χ2n) is 6.75. The van der Waals surface area contributed by atoms with Gasteiger partial charge in [-0.25, -0.2) is 4.98 Å². The number of aromatic hydroxyl groups is 1. The summed E-state index contributed by atoms with van der Waals surface area (Å²) in [5, 5.41) is 34.2. The molecule has 0 spiro atoms. The lowest BCUT2D eigenvalue weighted by Crippen LogP contribution is -2.32. The van der Waals surface area contributed by atoms with Crippen molar-refractivity contribution in [3.8, 4) is 5.75 Å². The standard InChI is InChI=1S/C9H11NO3.C6H9N3O2.C5H11NO2S/c10-8(9(12)13)5-6-1-3-7(11)4-2-6;7-5(6(10)11)1-4-2-8-3-9-4;1-9-3-2-4(6)5(7)8/h1-4,8,11H,5,10H2,(H,12,13);2-3,5H,1,7H2,(H,8,9)(H,10,11);4H,2-3,6H2,1H3,(H,7,8). The first kappa shape index (κ1) is 29.9. The van der Waals surface area contributed by atoms with Gasteiger partial charge in [-0.3, -0.25) is 14.4 Å². The molecule has 0 amide bonds. The molecule has 0 aliphatic heterocycles. The van der Waals surface area contributed by atoms with Crippen LogP contribution in [0.4, 0.5) is 0 Å². The second kappa shape index (κ2) is 16.5. The molecule has 1 aromatic carbocycles. The molecular formula is C20H31N5O7S. The van der Waals surface area contributed by atoms with Gasteiger partial charge >= 0.3 is 17.9 Å². The summed E-state index contributed by atoms with van der Waals surface area (Å²) in [6, 6.07) is 3.88. The molecule has 33 heavy (non-hydrogen) atoms. The van der Waals surface area contributed by atoms with E-state index in [-0.39, 0.29) is 18.6 Å². The molecule has 3 atom stereocenters. The summed E-state index contributed by atoms with van der Waals surface area (Å²) >= 11 is 1.60. The van der Waals surface area contributed by atoms with Gasteiger partial charge in [0.1, 0.15) is 23.9 Å². The Bertz CT molecular complexity index is 834. The van der Waals surface area contributed by atoms with Gasteiger partial charge in [-0.15, -0.1) is 0 Å². The summed E-state index contributed by atoms with van der Waals surface area (Å²) in [7, 11) is 0. The maximum atomic E-state index is 10.4. The number of phenols is 1. The third-order valence-electron chi connectivity index (χ3n) is 3.96. The molecule has 0 bridgehead atoms. The number of H-pyrrole nitrogens is 1. The van der Waals surface area contributed by atoms with E-state index >= 15 is 0 Å². The van der Waals surface area contributed by atoms with E-state index in [4.69, 9.17) is 37.6 Å². The van der Waals surface area contributed by atoms with Gasteiger partial charge in [-0.2, -0.15) is 11.8 Å². The molecule has 1 heterocycles. The molecule has 13 heteroatoms. The normalized spacial score (nSPS) is 12.7. The number of nitrogens with zero attached hydrogens (tertiary/aromatic N) is 1. The fourth-order valence-corrected chi connectivity index (χ4v) is 2.55. The Hall–Kier alpha value is -3.13. The molecule has 0 fully saturated rings. The molecule has 0 radical (unpaired) electrons. The lowest BCUT2D eigenvalue weighted by Gasteiger charge is -2.05. The van der Waals surface area contributed by atoms with Crippen molar-refractivity contribution >= 4 is 29.7 Å². The summed E-state index contributed by atoms with van der Waals surface area (Å²) in [5.74, 6) is -1.97. The molecule has 3 unspecified atom stereocenters. The summed E-state index contributed by atoms with van der Waals surface area (Å²) in [6.45, 7) is 0. The van der Waals surface area contributed by atoms with Crippen molar-refractivity contribution in [2.24, 2.45) is 17.2 Å². The number of thioether (sulfide) groups is 1. The van der Waals surface area contributed by atoms with Crippen molar-refractivity contribution in [3.05, 3.63) is 48.0 Å². The maximum Gasteiger partial charge on any atom is 0.320 e. The van der Waals surface area contributed by atoms with Crippen LogP contribution in [0, 0.1) is 0 Å². The van der Waals surface area contributed by atoms with Crippen LogP contribution < -0.4 is 17.2 Å². The minimum Gasteiger partial charge on any atom is -0.508 e. The van der Waals surface area contributed by atoms with Crippen LogP contribution in [-0.4, -0.2) is 78.4 Å². The van der Waals surface area contributed by atoms with Gasteiger partial charge in [0.2, 0.25) is 0 Å². The minimum absolute atomic E-state index is 0.160. The number of hydrogen-bond acceptors (Lipinski definition) is 9. The van der Waals surface area contributed by atoms with Crippen molar-refractivity contribution in [2.75, 3.05) is 12.0 Å². The van der Waals surface area contributed by atoms with Crippen LogP contribution in [0.5, 0.6) is 5.75 Å². The number of phenolic OH excluding ortho intramolecular Hbond substituents is 1. The van der Waals surface area contributed by atoms with Crippen molar-refractivity contribution in [1.82, 2.24) is 9.97 Å². The SMILES string of the molecule is CSCCC(N)C(=O)O.NC(Cc1c[nH]cn1)C(=O)O.NC(Cc1ccc(O)cc1)C(=O)O. The van der Waals surface area contributed by atoms with Crippen molar-refractivity contribution in [3.63, 3.8) is 0 Å². The van der Waals surface area contributed by atoms with E-state index in [1.807, 2.05) is 6.26 Å². The van der Waals surface area contributed by atoms with E-state index < -0.39 is 36.0 Å². The summed E-state index contributed by atoms with van der Waals surface area (Å²) < 4.78 is 0. The molecule has 0 aliphatic rings. The third-order valence-corrected chi connectivity index (χ3v) is 4.60. The number of aromatic amines is 1. The van der Waals surface area contributed by atoms with Crippen molar-refractivity contribution in [2.45, 2.75) is 37.4 Å². The van der Waals surface area contributed by atoms with Crippen LogP contribution in [-0.2, 0) is 27.2 Å². The summed E-state index contributed by atoms with van der Waals surface area (Å²) in [6.07, 6.45) is 6.13. The molecule has 0 saturated carbocycles. The summed E-state index contributed by atoms with van der Waals surface area (Å²) in [5.41, 5.74) is 17.2. The molecule has 2 aromatic rings. The lowest BCUT2D eigenvalue weighted by atomic mass is 10.1. The molecule has 0 saturated heterocycles. The first-order chi connectivity index (χ1) is 15.5. The zero-order valence-electron chi connectivity index (χ0n) is 18.1. The van der Waals surface area contributed by atoms with Gasteiger partial charge in [0.05, 0.1) is 12.0 Å². The van der Waals surface area contributed by atoms with Crippen molar-refractivity contribution in [1.29, 1.82) is 0 Å². The molecule has 0 aliphatic carbocycles. The van der Waals surface area contributed by atoms with Crippen LogP contribution in [0.2, 0.25) is 0 Å². The second-order valence-corrected chi connectivity index (χ2v) is 7.74.